The van der Waals surface area contributed by atoms with Crippen LogP contribution < -0.4 is 16.2 Å². The van der Waals surface area contributed by atoms with Crippen molar-refractivity contribution >= 4 is 17.1 Å². The highest BCUT2D eigenvalue weighted by atomic mass is 19.1. The largest absolute Gasteiger partial charge is 0.465 e. The van der Waals surface area contributed by atoms with E-state index in [0.29, 0.717) is 23.1 Å². The first kappa shape index (κ1) is 17.3. The van der Waals surface area contributed by atoms with Crippen molar-refractivity contribution in [3.8, 4) is 0 Å². The van der Waals surface area contributed by atoms with Crippen LogP contribution in [-0.2, 0) is 13.6 Å². The highest BCUT2D eigenvalue weighted by Gasteiger charge is 2.22. The van der Waals surface area contributed by atoms with Crippen molar-refractivity contribution in [3.05, 3.63) is 40.1 Å². The van der Waals surface area contributed by atoms with Crippen LogP contribution in [0.3, 0.4) is 0 Å². The van der Waals surface area contributed by atoms with E-state index in [0.717, 1.165) is 25.7 Å². The summed E-state index contributed by atoms with van der Waals surface area (Å²) in [6.07, 6.45) is 3.31. The Labute approximate surface area is 143 Å². The predicted octanol–water partition coefficient (Wildman–Crippen LogP) is 1.74. The zero-order valence-corrected chi connectivity index (χ0v) is 14.0. The van der Waals surface area contributed by atoms with Gasteiger partial charge in [-0.2, -0.15) is 0 Å². The van der Waals surface area contributed by atoms with Crippen molar-refractivity contribution in [1.29, 1.82) is 0 Å². The lowest BCUT2D eigenvalue weighted by Crippen LogP contribution is -2.41. The summed E-state index contributed by atoms with van der Waals surface area (Å²) in [6, 6.07) is 3.19. The van der Waals surface area contributed by atoms with Crippen molar-refractivity contribution in [2.24, 2.45) is 7.05 Å². The summed E-state index contributed by atoms with van der Waals surface area (Å²) in [5.74, 6) is -0.442. The van der Waals surface area contributed by atoms with Crippen LogP contribution in [0.15, 0.2) is 23.1 Å². The molecule has 0 atom stereocenters. The van der Waals surface area contributed by atoms with Crippen LogP contribution in [0.2, 0.25) is 0 Å². The van der Waals surface area contributed by atoms with E-state index in [9.17, 15) is 14.0 Å². The molecule has 3 rings (SSSR count). The molecule has 0 saturated heterocycles. The summed E-state index contributed by atoms with van der Waals surface area (Å²) in [5, 5.41) is 14.6. The molecule has 25 heavy (non-hydrogen) atoms. The fourth-order valence-corrected chi connectivity index (χ4v) is 3.43. The van der Waals surface area contributed by atoms with Gasteiger partial charge in [0.1, 0.15) is 5.82 Å². The number of carbonyl (C=O) groups is 1. The molecule has 7 nitrogen and oxygen atoms in total. The number of hydrogen-bond donors (Lipinski definition) is 3. The second-order valence-corrected chi connectivity index (χ2v) is 6.43. The second kappa shape index (κ2) is 7.18. The molecule has 1 aliphatic carbocycles. The Bertz CT molecular complexity index is 844. The van der Waals surface area contributed by atoms with Gasteiger partial charge in [-0.15, -0.1) is 0 Å². The van der Waals surface area contributed by atoms with E-state index < -0.39 is 11.9 Å². The molecule has 134 valence electrons. The van der Waals surface area contributed by atoms with Crippen molar-refractivity contribution < 1.29 is 14.3 Å². The number of aromatic nitrogens is 2. The highest BCUT2D eigenvalue weighted by molar-refractivity contribution is 5.78. The number of nitrogens with zero attached hydrogens (tertiary/aromatic N) is 2. The van der Waals surface area contributed by atoms with Gasteiger partial charge in [0.05, 0.1) is 17.2 Å². The first-order chi connectivity index (χ1) is 12.0. The second-order valence-electron chi connectivity index (χ2n) is 6.43. The number of hydrogen-bond acceptors (Lipinski definition) is 4. The molecular formula is C17H21FN4O3. The van der Waals surface area contributed by atoms with Crippen LogP contribution in [0.4, 0.5) is 9.18 Å². The first-order valence-corrected chi connectivity index (χ1v) is 8.31. The Morgan fingerprint density at radius 3 is 2.68 bits per heavy atom. The lowest BCUT2D eigenvalue weighted by molar-refractivity contribution is 0.183. The van der Waals surface area contributed by atoms with Crippen LogP contribution in [0.25, 0.3) is 11.0 Å². The molecule has 1 amide bonds. The molecule has 3 N–H and O–H groups in total. The minimum Gasteiger partial charge on any atom is -0.465 e. The van der Waals surface area contributed by atoms with E-state index >= 15 is 0 Å². The lowest BCUT2D eigenvalue weighted by atomic mass is 9.91. The quantitative estimate of drug-likeness (QED) is 0.782. The Morgan fingerprint density at radius 1 is 1.32 bits per heavy atom. The molecule has 2 aromatic heterocycles. The van der Waals surface area contributed by atoms with Gasteiger partial charge in [0.2, 0.25) is 0 Å². The number of halogens is 1. The van der Waals surface area contributed by atoms with E-state index in [2.05, 4.69) is 15.6 Å². The van der Waals surface area contributed by atoms with Gasteiger partial charge in [-0.1, -0.05) is 0 Å². The van der Waals surface area contributed by atoms with Gasteiger partial charge < -0.3 is 20.3 Å². The SMILES string of the molecule is Cn1c(=O)ccc2ncc(F)c(CNC3CCC(NC(=O)O)CC3)c21. The highest BCUT2D eigenvalue weighted by Crippen LogP contribution is 2.21. The Kier molecular flexibility index (Phi) is 4.98. The fourth-order valence-electron chi connectivity index (χ4n) is 3.43. The molecule has 0 radical (unpaired) electrons. The first-order valence-electron chi connectivity index (χ1n) is 8.31. The van der Waals surface area contributed by atoms with E-state index in [1.165, 1.54) is 16.8 Å². The number of pyridine rings is 2. The van der Waals surface area contributed by atoms with Crippen LogP contribution in [0.1, 0.15) is 31.2 Å². The molecular weight excluding hydrogens is 327 g/mol. The number of aryl methyl sites for hydroxylation is 1. The summed E-state index contributed by atoms with van der Waals surface area (Å²) < 4.78 is 15.7. The van der Waals surface area contributed by atoms with Gasteiger partial charge in [-0.05, 0) is 31.7 Å². The molecule has 1 saturated carbocycles. The molecule has 0 aliphatic heterocycles. The monoisotopic (exact) mass is 348 g/mol. The Morgan fingerprint density at radius 2 is 2.00 bits per heavy atom. The zero-order valence-electron chi connectivity index (χ0n) is 14.0. The van der Waals surface area contributed by atoms with E-state index in [1.807, 2.05) is 0 Å². The molecule has 1 fully saturated rings. The third-order valence-electron chi connectivity index (χ3n) is 4.81. The normalized spacial score (nSPS) is 20.6. The molecule has 0 bridgehead atoms. The average molecular weight is 348 g/mol. The summed E-state index contributed by atoms with van der Waals surface area (Å²) in [7, 11) is 1.61. The minimum absolute atomic E-state index is 0.0186. The molecule has 0 spiro atoms. The predicted molar refractivity (Wildman–Crippen MR) is 91.0 cm³/mol. The van der Waals surface area contributed by atoms with E-state index in [-0.39, 0.29) is 17.6 Å². The zero-order chi connectivity index (χ0) is 18.0. The summed E-state index contributed by atoms with van der Waals surface area (Å²) in [5.41, 5.74) is 1.30. The topological polar surface area (TPSA) is 96.3 Å². The van der Waals surface area contributed by atoms with Gasteiger partial charge >= 0.3 is 6.09 Å². The maximum atomic E-state index is 14.3. The van der Waals surface area contributed by atoms with E-state index in [4.69, 9.17) is 5.11 Å². The number of nitrogens with one attached hydrogen (secondary N) is 2. The van der Waals surface area contributed by atoms with Gasteiger partial charge in [0, 0.05) is 37.3 Å². The van der Waals surface area contributed by atoms with Crippen molar-refractivity contribution in [2.45, 2.75) is 44.3 Å². The van der Waals surface area contributed by atoms with Crippen LogP contribution in [0.5, 0.6) is 0 Å². The Balaban J connectivity index is 1.72. The lowest BCUT2D eigenvalue weighted by Gasteiger charge is -2.29. The molecule has 1 aliphatic rings. The van der Waals surface area contributed by atoms with E-state index in [1.54, 1.807) is 13.1 Å². The minimum atomic E-state index is -0.998. The summed E-state index contributed by atoms with van der Waals surface area (Å²) in [6.45, 7) is 0.295. The summed E-state index contributed by atoms with van der Waals surface area (Å²) >= 11 is 0. The van der Waals surface area contributed by atoms with Crippen molar-refractivity contribution in [3.63, 3.8) is 0 Å². The Hall–Kier alpha value is -2.48. The smallest absolute Gasteiger partial charge is 0.404 e. The average Bonchev–Trinajstić information content (AvgIpc) is 2.58. The molecule has 8 heteroatoms. The maximum absolute atomic E-state index is 14.3. The molecule has 2 heterocycles. The van der Waals surface area contributed by atoms with Gasteiger partial charge in [0.25, 0.3) is 5.56 Å². The number of carboxylic acid groups (broad SMARTS) is 1. The van der Waals surface area contributed by atoms with Crippen LogP contribution >= 0.6 is 0 Å². The maximum Gasteiger partial charge on any atom is 0.404 e. The van der Waals surface area contributed by atoms with Gasteiger partial charge in [0.15, 0.2) is 0 Å². The van der Waals surface area contributed by atoms with Crippen LogP contribution in [0, 0.1) is 5.82 Å². The van der Waals surface area contributed by atoms with Gasteiger partial charge in [-0.3, -0.25) is 9.78 Å². The number of amides is 1. The summed E-state index contributed by atoms with van der Waals surface area (Å²) in [4.78, 5) is 26.6. The molecule has 2 aromatic rings. The standard InChI is InChI=1S/C17H21FN4O3/c1-22-15(23)7-6-14-16(22)12(13(18)9-20-14)8-19-10-2-4-11(5-3-10)21-17(24)25/h6-7,9-11,19,21H,2-5,8H2,1H3,(H,24,25). The third-order valence-corrected chi connectivity index (χ3v) is 4.81. The van der Waals surface area contributed by atoms with Gasteiger partial charge in [-0.25, -0.2) is 9.18 Å². The number of rotatable bonds is 4. The molecule has 0 unspecified atom stereocenters. The van der Waals surface area contributed by atoms with Crippen LogP contribution in [-0.4, -0.2) is 32.8 Å². The molecule has 0 aromatic carbocycles. The number of fused-ring (bicyclic) bond motifs is 1. The third kappa shape index (κ3) is 3.79. The van der Waals surface area contributed by atoms with Crippen molar-refractivity contribution in [2.75, 3.05) is 0 Å². The van der Waals surface area contributed by atoms with Crippen molar-refractivity contribution in [1.82, 2.24) is 20.2 Å². The fraction of sp³-hybridized carbons (Fsp3) is 0.471.